The van der Waals surface area contributed by atoms with Crippen LogP contribution in [0.2, 0.25) is 5.15 Å². The molecule has 0 bridgehead atoms. The Balaban J connectivity index is 1.65. The van der Waals surface area contributed by atoms with E-state index in [1.54, 1.807) is 12.1 Å². The first-order chi connectivity index (χ1) is 14.5. The Kier molecular flexibility index (Phi) is 5.72. The van der Waals surface area contributed by atoms with Crippen LogP contribution in [-0.2, 0) is 0 Å². The Morgan fingerprint density at radius 2 is 1.87 bits per heavy atom. The summed E-state index contributed by atoms with van der Waals surface area (Å²) in [7, 11) is 4.04. The van der Waals surface area contributed by atoms with E-state index >= 15 is 0 Å². The summed E-state index contributed by atoms with van der Waals surface area (Å²) in [6, 6.07) is 19.9. The molecule has 0 radical (unpaired) electrons. The van der Waals surface area contributed by atoms with Gasteiger partial charge in [0.05, 0.1) is 5.56 Å². The van der Waals surface area contributed by atoms with Crippen molar-refractivity contribution in [1.82, 2.24) is 15.3 Å². The van der Waals surface area contributed by atoms with Gasteiger partial charge >= 0.3 is 0 Å². The van der Waals surface area contributed by atoms with Gasteiger partial charge in [0, 0.05) is 55.5 Å². The highest BCUT2D eigenvalue weighted by molar-refractivity contribution is 6.29. The lowest BCUT2D eigenvalue weighted by Gasteiger charge is -2.20. The second-order valence-electron chi connectivity index (χ2n) is 7.41. The van der Waals surface area contributed by atoms with Gasteiger partial charge < -0.3 is 15.2 Å². The normalized spacial score (nSPS) is 12.0. The van der Waals surface area contributed by atoms with Crippen molar-refractivity contribution in [1.29, 1.82) is 0 Å². The first-order valence-electron chi connectivity index (χ1n) is 9.76. The Morgan fingerprint density at radius 3 is 2.57 bits per heavy atom. The number of amides is 1. The SMILES string of the molecule is CN(C)c1ccc(C(CNC(=O)c2ccc(Cl)nc2)c2c[nH]c3ccccc23)cc1. The maximum absolute atomic E-state index is 12.7. The molecule has 5 nitrogen and oxygen atoms in total. The van der Waals surface area contributed by atoms with E-state index in [0.717, 1.165) is 27.7 Å². The van der Waals surface area contributed by atoms with Gasteiger partial charge in [0.15, 0.2) is 0 Å². The van der Waals surface area contributed by atoms with Gasteiger partial charge in [0.25, 0.3) is 5.91 Å². The molecule has 0 saturated carbocycles. The number of hydrogen-bond donors (Lipinski definition) is 2. The lowest BCUT2D eigenvalue weighted by atomic mass is 9.90. The molecule has 4 rings (SSSR count). The van der Waals surface area contributed by atoms with Crippen LogP contribution < -0.4 is 10.2 Å². The summed E-state index contributed by atoms with van der Waals surface area (Å²) in [6.45, 7) is 0.463. The van der Waals surface area contributed by atoms with Crippen molar-refractivity contribution in [2.45, 2.75) is 5.92 Å². The summed E-state index contributed by atoms with van der Waals surface area (Å²) < 4.78 is 0. The van der Waals surface area contributed by atoms with Crippen LogP contribution in [0.3, 0.4) is 0 Å². The largest absolute Gasteiger partial charge is 0.378 e. The molecule has 152 valence electrons. The Bertz CT molecular complexity index is 1150. The molecule has 6 heteroatoms. The zero-order chi connectivity index (χ0) is 21.1. The van der Waals surface area contributed by atoms with Crippen molar-refractivity contribution in [3.05, 3.63) is 94.9 Å². The Labute approximate surface area is 180 Å². The Morgan fingerprint density at radius 1 is 1.10 bits per heavy atom. The maximum atomic E-state index is 12.7. The average molecular weight is 419 g/mol. The van der Waals surface area contributed by atoms with Crippen LogP contribution in [-0.4, -0.2) is 36.5 Å². The molecule has 2 heterocycles. The second-order valence-corrected chi connectivity index (χ2v) is 7.80. The molecule has 1 unspecified atom stereocenters. The molecular formula is C24H23ClN4O. The number of carbonyl (C=O) groups is 1. The molecule has 2 aromatic carbocycles. The predicted octanol–water partition coefficient (Wildman–Crippen LogP) is 4.84. The molecule has 0 fully saturated rings. The van der Waals surface area contributed by atoms with Gasteiger partial charge in [-0.1, -0.05) is 41.9 Å². The van der Waals surface area contributed by atoms with E-state index in [9.17, 15) is 4.79 Å². The lowest BCUT2D eigenvalue weighted by molar-refractivity contribution is 0.0952. The third kappa shape index (κ3) is 4.16. The van der Waals surface area contributed by atoms with E-state index in [1.165, 1.54) is 6.20 Å². The van der Waals surface area contributed by atoms with Crippen LogP contribution in [0.5, 0.6) is 0 Å². The molecule has 0 aliphatic heterocycles. The average Bonchev–Trinajstić information content (AvgIpc) is 3.19. The number of H-pyrrole nitrogens is 1. The number of pyridine rings is 1. The van der Waals surface area contributed by atoms with Gasteiger partial charge in [0.1, 0.15) is 5.15 Å². The zero-order valence-electron chi connectivity index (χ0n) is 16.9. The smallest absolute Gasteiger partial charge is 0.252 e. The van der Waals surface area contributed by atoms with E-state index in [4.69, 9.17) is 11.6 Å². The van der Waals surface area contributed by atoms with Crippen LogP contribution >= 0.6 is 11.6 Å². The van der Waals surface area contributed by atoms with E-state index in [1.807, 2.05) is 32.4 Å². The lowest BCUT2D eigenvalue weighted by Crippen LogP contribution is -2.29. The maximum Gasteiger partial charge on any atom is 0.252 e. The van der Waals surface area contributed by atoms with Crippen molar-refractivity contribution >= 4 is 34.1 Å². The molecule has 30 heavy (non-hydrogen) atoms. The molecule has 1 atom stereocenters. The number of nitrogens with one attached hydrogen (secondary N) is 2. The second kappa shape index (κ2) is 8.59. The van der Waals surface area contributed by atoms with E-state index < -0.39 is 0 Å². The Hall–Kier alpha value is -3.31. The highest BCUT2D eigenvalue weighted by atomic mass is 35.5. The molecule has 0 spiro atoms. The van der Waals surface area contributed by atoms with Crippen LogP contribution in [0.4, 0.5) is 5.69 Å². The number of aromatic amines is 1. The number of hydrogen-bond acceptors (Lipinski definition) is 3. The number of halogens is 1. The minimum absolute atomic E-state index is 0.00146. The fourth-order valence-corrected chi connectivity index (χ4v) is 3.71. The topological polar surface area (TPSA) is 61.0 Å². The standard InChI is InChI=1S/C24H23ClN4O/c1-29(2)18-10-7-16(8-11-18)20(21-15-26-22-6-4-3-5-19(21)22)14-28-24(30)17-9-12-23(25)27-13-17/h3-13,15,20,26H,14H2,1-2H3,(H,28,30). The fourth-order valence-electron chi connectivity index (χ4n) is 3.60. The van der Waals surface area contributed by atoms with Gasteiger partial charge in [-0.15, -0.1) is 0 Å². The van der Waals surface area contributed by atoms with Gasteiger partial charge in [0.2, 0.25) is 0 Å². The molecule has 0 saturated heterocycles. The molecule has 0 aliphatic rings. The van der Waals surface area contributed by atoms with Gasteiger partial charge in [-0.2, -0.15) is 0 Å². The number of fused-ring (bicyclic) bond motifs is 1. The van der Waals surface area contributed by atoms with Crippen LogP contribution in [0, 0.1) is 0 Å². The van der Waals surface area contributed by atoms with E-state index in [2.05, 4.69) is 56.6 Å². The highest BCUT2D eigenvalue weighted by Gasteiger charge is 2.20. The number of anilines is 1. The zero-order valence-corrected chi connectivity index (χ0v) is 17.6. The summed E-state index contributed by atoms with van der Waals surface area (Å²) in [6.07, 6.45) is 3.52. The van der Waals surface area contributed by atoms with Crippen LogP contribution in [0.25, 0.3) is 10.9 Å². The van der Waals surface area contributed by atoms with Gasteiger partial charge in [-0.3, -0.25) is 4.79 Å². The highest BCUT2D eigenvalue weighted by Crippen LogP contribution is 2.31. The summed E-state index contributed by atoms with van der Waals surface area (Å²) in [4.78, 5) is 22.1. The predicted molar refractivity (Wildman–Crippen MR) is 122 cm³/mol. The van der Waals surface area contributed by atoms with Crippen molar-refractivity contribution in [3.8, 4) is 0 Å². The molecule has 2 aromatic heterocycles. The molecule has 1 amide bonds. The molecule has 2 N–H and O–H groups in total. The van der Waals surface area contributed by atoms with Crippen molar-refractivity contribution in [2.24, 2.45) is 0 Å². The minimum Gasteiger partial charge on any atom is -0.378 e. The number of carbonyl (C=O) groups excluding carboxylic acids is 1. The van der Waals surface area contributed by atoms with Crippen molar-refractivity contribution in [3.63, 3.8) is 0 Å². The van der Waals surface area contributed by atoms with Crippen molar-refractivity contribution in [2.75, 3.05) is 25.5 Å². The summed E-state index contributed by atoms with van der Waals surface area (Å²) in [5.74, 6) is -0.171. The van der Waals surface area contributed by atoms with Gasteiger partial charge in [-0.05, 0) is 41.5 Å². The summed E-state index contributed by atoms with van der Waals surface area (Å²) >= 11 is 5.83. The molecule has 0 aliphatic carbocycles. The van der Waals surface area contributed by atoms with Crippen molar-refractivity contribution < 1.29 is 4.79 Å². The number of para-hydroxylation sites is 1. The molecule has 4 aromatic rings. The number of nitrogens with zero attached hydrogens (tertiary/aromatic N) is 2. The first-order valence-corrected chi connectivity index (χ1v) is 10.1. The monoisotopic (exact) mass is 418 g/mol. The number of rotatable bonds is 6. The molecular weight excluding hydrogens is 396 g/mol. The van der Waals surface area contributed by atoms with Crippen LogP contribution in [0.15, 0.2) is 73.1 Å². The van der Waals surface area contributed by atoms with Crippen LogP contribution in [0.1, 0.15) is 27.4 Å². The minimum atomic E-state index is -0.172. The fraction of sp³-hybridized carbons (Fsp3) is 0.167. The quantitative estimate of drug-likeness (QED) is 0.440. The number of benzene rings is 2. The first kappa shape index (κ1) is 20.0. The van der Waals surface area contributed by atoms with E-state index in [0.29, 0.717) is 17.3 Å². The third-order valence-electron chi connectivity index (χ3n) is 5.26. The van der Waals surface area contributed by atoms with E-state index in [-0.39, 0.29) is 11.8 Å². The van der Waals surface area contributed by atoms with Gasteiger partial charge in [-0.25, -0.2) is 4.98 Å². The third-order valence-corrected chi connectivity index (χ3v) is 5.49. The summed E-state index contributed by atoms with van der Waals surface area (Å²) in [5.41, 5.74) is 4.99. The number of aromatic nitrogens is 2. The summed E-state index contributed by atoms with van der Waals surface area (Å²) in [5, 5.41) is 4.58.